The quantitative estimate of drug-likeness (QED) is 0.928. The Bertz CT molecular complexity index is 418. The molecular weight excluding hydrogens is 294 g/mol. The Kier molecular flexibility index (Phi) is 4.14. The molecule has 2 rings (SSSR count). The summed E-state index contributed by atoms with van der Waals surface area (Å²) < 4.78 is 3.11. The van der Waals surface area contributed by atoms with E-state index >= 15 is 0 Å². The van der Waals surface area contributed by atoms with Crippen LogP contribution in [0.1, 0.15) is 38.1 Å². The van der Waals surface area contributed by atoms with E-state index in [0.29, 0.717) is 0 Å². The van der Waals surface area contributed by atoms with E-state index in [4.69, 9.17) is 0 Å². The minimum Gasteiger partial charge on any atom is -0.390 e. The molecule has 0 atom stereocenters. The first-order chi connectivity index (χ1) is 8.43. The Balaban J connectivity index is 2.04. The summed E-state index contributed by atoms with van der Waals surface area (Å²) in [4.78, 5) is 2.39. The number of hydrogen-bond acceptors (Lipinski definition) is 3. The second-order valence-corrected chi connectivity index (χ2v) is 6.25. The first-order valence-electron chi connectivity index (χ1n) is 6.58. The summed E-state index contributed by atoms with van der Waals surface area (Å²) >= 11 is 3.65. The van der Waals surface area contributed by atoms with Crippen LogP contribution in [0, 0.1) is 0 Å². The van der Waals surface area contributed by atoms with E-state index in [-0.39, 0.29) is 0 Å². The van der Waals surface area contributed by atoms with Crippen molar-refractivity contribution in [2.24, 2.45) is 7.05 Å². The van der Waals surface area contributed by atoms with Crippen LogP contribution >= 0.6 is 15.9 Å². The van der Waals surface area contributed by atoms with E-state index in [1.807, 2.05) is 18.7 Å². The van der Waals surface area contributed by atoms with E-state index in [0.717, 1.165) is 49.1 Å². The van der Waals surface area contributed by atoms with Gasteiger partial charge in [-0.2, -0.15) is 5.10 Å². The van der Waals surface area contributed by atoms with Crippen LogP contribution in [0.2, 0.25) is 0 Å². The largest absolute Gasteiger partial charge is 0.390 e. The second kappa shape index (κ2) is 5.31. The van der Waals surface area contributed by atoms with Crippen molar-refractivity contribution in [3.05, 3.63) is 15.9 Å². The molecule has 1 N–H and O–H groups in total. The van der Waals surface area contributed by atoms with Crippen LogP contribution in [0.15, 0.2) is 4.47 Å². The van der Waals surface area contributed by atoms with Gasteiger partial charge < -0.3 is 5.11 Å². The van der Waals surface area contributed by atoms with Crippen molar-refractivity contribution in [2.45, 2.75) is 45.3 Å². The predicted molar refractivity (Wildman–Crippen MR) is 75.4 cm³/mol. The van der Waals surface area contributed by atoms with E-state index < -0.39 is 5.60 Å². The SMILES string of the molecule is CCc1nn(C)c(CN2CCC(C)(O)CC2)c1Br. The summed E-state index contributed by atoms with van der Waals surface area (Å²) in [6, 6.07) is 0. The van der Waals surface area contributed by atoms with Crippen molar-refractivity contribution in [1.29, 1.82) is 0 Å². The third-order valence-corrected chi connectivity index (χ3v) is 4.72. The fourth-order valence-electron chi connectivity index (χ4n) is 2.40. The molecule has 5 heteroatoms. The van der Waals surface area contributed by atoms with Crippen molar-refractivity contribution in [2.75, 3.05) is 13.1 Å². The summed E-state index contributed by atoms with van der Waals surface area (Å²) in [6.07, 6.45) is 2.65. The van der Waals surface area contributed by atoms with E-state index in [1.54, 1.807) is 0 Å². The molecule has 0 unspecified atom stereocenters. The first-order valence-corrected chi connectivity index (χ1v) is 7.37. The van der Waals surface area contributed by atoms with Gasteiger partial charge in [0, 0.05) is 26.7 Å². The molecule has 0 radical (unpaired) electrons. The summed E-state index contributed by atoms with van der Waals surface area (Å²) in [5, 5.41) is 14.5. The van der Waals surface area contributed by atoms with Crippen molar-refractivity contribution in [3.63, 3.8) is 0 Å². The average molecular weight is 316 g/mol. The third kappa shape index (κ3) is 2.95. The van der Waals surface area contributed by atoms with Gasteiger partial charge in [-0.15, -0.1) is 0 Å². The van der Waals surface area contributed by atoms with Gasteiger partial charge in [-0.1, -0.05) is 6.92 Å². The predicted octanol–water partition coefficient (Wildman–Crippen LogP) is 2.09. The standard InChI is InChI=1S/C13H22BrN3O/c1-4-10-12(14)11(16(3)15-10)9-17-7-5-13(2,18)6-8-17/h18H,4-9H2,1-3H3. The lowest BCUT2D eigenvalue weighted by molar-refractivity contribution is -0.00784. The smallest absolute Gasteiger partial charge is 0.0767 e. The number of aryl methyl sites for hydroxylation is 2. The van der Waals surface area contributed by atoms with E-state index in [1.165, 1.54) is 5.69 Å². The van der Waals surface area contributed by atoms with Gasteiger partial charge in [0.2, 0.25) is 0 Å². The zero-order valence-corrected chi connectivity index (χ0v) is 13.0. The van der Waals surface area contributed by atoms with Gasteiger partial charge in [-0.25, -0.2) is 0 Å². The Morgan fingerprint density at radius 3 is 2.50 bits per heavy atom. The van der Waals surface area contributed by atoms with Gasteiger partial charge in [0.25, 0.3) is 0 Å². The number of likely N-dealkylation sites (tertiary alicyclic amines) is 1. The molecule has 1 aromatic heterocycles. The maximum absolute atomic E-state index is 9.96. The van der Waals surface area contributed by atoms with Crippen LogP contribution in [0.5, 0.6) is 0 Å². The summed E-state index contributed by atoms with van der Waals surface area (Å²) in [6.45, 7) is 6.85. The normalized spacial score (nSPS) is 20.3. The monoisotopic (exact) mass is 315 g/mol. The van der Waals surface area contributed by atoms with Gasteiger partial charge >= 0.3 is 0 Å². The van der Waals surface area contributed by atoms with Crippen LogP contribution in [-0.2, 0) is 20.0 Å². The second-order valence-electron chi connectivity index (χ2n) is 5.46. The summed E-state index contributed by atoms with van der Waals surface area (Å²) in [5.74, 6) is 0. The molecule has 18 heavy (non-hydrogen) atoms. The lowest BCUT2D eigenvalue weighted by Crippen LogP contribution is -2.42. The molecule has 1 saturated heterocycles. The van der Waals surface area contributed by atoms with Gasteiger partial charge in [-0.05, 0) is 42.1 Å². The molecule has 1 fully saturated rings. The maximum Gasteiger partial charge on any atom is 0.0767 e. The molecule has 1 aromatic rings. The molecule has 0 aromatic carbocycles. The highest BCUT2D eigenvalue weighted by atomic mass is 79.9. The van der Waals surface area contributed by atoms with Crippen LogP contribution < -0.4 is 0 Å². The highest BCUT2D eigenvalue weighted by molar-refractivity contribution is 9.10. The average Bonchev–Trinajstić information content (AvgIpc) is 2.59. The fourth-order valence-corrected chi connectivity index (χ4v) is 3.14. The van der Waals surface area contributed by atoms with Gasteiger partial charge in [-0.3, -0.25) is 9.58 Å². The molecule has 102 valence electrons. The Hall–Kier alpha value is -0.390. The van der Waals surface area contributed by atoms with Crippen molar-refractivity contribution >= 4 is 15.9 Å². The molecule has 0 spiro atoms. The molecule has 1 aliphatic rings. The number of aliphatic hydroxyl groups is 1. The first kappa shape index (κ1) is 14.0. The lowest BCUT2D eigenvalue weighted by atomic mass is 9.94. The van der Waals surface area contributed by atoms with Crippen molar-refractivity contribution < 1.29 is 5.11 Å². The van der Waals surface area contributed by atoms with Gasteiger partial charge in [0.15, 0.2) is 0 Å². The molecular formula is C13H22BrN3O. The molecule has 0 saturated carbocycles. The zero-order valence-electron chi connectivity index (χ0n) is 11.4. The number of rotatable bonds is 3. The van der Waals surface area contributed by atoms with Crippen molar-refractivity contribution in [3.8, 4) is 0 Å². The zero-order chi connectivity index (χ0) is 13.3. The third-order valence-electron chi connectivity index (χ3n) is 3.81. The maximum atomic E-state index is 9.96. The molecule has 4 nitrogen and oxygen atoms in total. The van der Waals surface area contributed by atoms with Crippen LogP contribution in [-0.4, -0.2) is 38.5 Å². The highest BCUT2D eigenvalue weighted by Crippen LogP contribution is 2.26. The lowest BCUT2D eigenvalue weighted by Gasteiger charge is -2.35. The highest BCUT2D eigenvalue weighted by Gasteiger charge is 2.28. The number of halogens is 1. The molecule has 2 heterocycles. The summed E-state index contributed by atoms with van der Waals surface area (Å²) in [7, 11) is 2.00. The molecule has 0 aliphatic carbocycles. The van der Waals surface area contributed by atoms with Crippen LogP contribution in [0.4, 0.5) is 0 Å². The van der Waals surface area contributed by atoms with Gasteiger partial charge in [0.05, 0.1) is 21.5 Å². The van der Waals surface area contributed by atoms with Gasteiger partial charge in [0.1, 0.15) is 0 Å². The Morgan fingerprint density at radius 2 is 2.00 bits per heavy atom. The minimum atomic E-state index is -0.477. The Labute approximate surface area is 117 Å². The van der Waals surface area contributed by atoms with E-state index in [9.17, 15) is 5.11 Å². The number of hydrogen-bond donors (Lipinski definition) is 1. The molecule has 0 bridgehead atoms. The topological polar surface area (TPSA) is 41.3 Å². The Morgan fingerprint density at radius 1 is 1.39 bits per heavy atom. The van der Waals surface area contributed by atoms with E-state index in [2.05, 4.69) is 32.9 Å². The fraction of sp³-hybridized carbons (Fsp3) is 0.769. The molecule has 1 aliphatic heterocycles. The van der Waals surface area contributed by atoms with Crippen molar-refractivity contribution in [1.82, 2.24) is 14.7 Å². The molecule has 0 amide bonds. The number of nitrogens with zero attached hydrogens (tertiary/aromatic N) is 3. The van der Waals surface area contributed by atoms with Crippen LogP contribution in [0.3, 0.4) is 0 Å². The number of aromatic nitrogens is 2. The minimum absolute atomic E-state index is 0.477. The van der Waals surface area contributed by atoms with Crippen LogP contribution in [0.25, 0.3) is 0 Å². The number of piperidine rings is 1. The summed E-state index contributed by atoms with van der Waals surface area (Å²) in [5.41, 5.74) is 1.87.